The number of para-hydroxylation sites is 2. The van der Waals surface area contributed by atoms with E-state index in [0.717, 1.165) is 47.3 Å². The van der Waals surface area contributed by atoms with Gasteiger partial charge in [0.2, 0.25) is 0 Å². The Morgan fingerprint density at radius 3 is 0.917 bits per heavy atom. The van der Waals surface area contributed by atoms with Gasteiger partial charge in [0, 0.05) is 35.0 Å². The molecular weight excluding hydrogens is 436 g/mol. The third-order valence-electron chi connectivity index (χ3n) is 12.2. The minimum absolute atomic E-state index is 0.259. The Morgan fingerprint density at radius 2 is 0.722 bits per heavy atom. The fourth-order valence-corrected chi connectivity index (χ4v) is 10.5. The van der Waals surface area contributed by atoms with Crippen LogP contribution in [-0.4, -0.2) is 11.3 Å². The highest BCUT2D eigenvalue weighted by Gasteiger charge is 3.11. The molecule has 4 bridgehead atoms. The molecule has 2 heteroatoms. The molecule has 0 unspecified atom stereocenters. The number of hydrogen-bond acceptors (Lipinski definition) is 2. The van der Waals surface area contributed by atoms with Crippen molar-refractivity contribution in [2.75, 3.05) is 9.80 Å². The molecule has 9 fully saturated rings. The molecular formula is C34H42N2. The molecule has 0 atom stereocenters. The quantitative estimate of drug-likeness (QED) is 0.416. The standard InChI is InChI=1S/C34H42N2/c1-15(2)19-11-9-12-20(16(3)4)31(19)35-33(27-23-24(27)28(23)33)36(34(35)29-25-26(29)30(25)34)32-21(17(5)6)13-10-14-22(32)18(7)8/h9-18,23-30H,1-8H3. The number of nitrogens with zero attached hydrogens (tertiary/aromatic N) is 2. The molecule has 2 aromatic rings. The summed E-state index contributed by atoms with van der Waals surface area (Å²) in [6.07, 6.45) is 0. The molecule has 2 spiro atoms. The average Bonchev–Trinajstić information content (AvgIpc) is 3.65. The van der Waals surface area contributed by atoms with E-state index in [1.54, 1.807) is 33.6 Å². The van der Waals surface area contributed by atoms with Gasteiger partial charge in [-0.2, -0.15) is 0 Å². The van der Waals surface area contributed by atoms with Gasteiger partial charge in [0.05, 0.1) is 0 Å². The van der Waals surface area contributed by atoms with Crippen LogP contribution in [0.3, 0.4) is 0 Å². The monoisotopic (exact) mass is 478 g/mol. The number of hydrogen-bond donors (Lipinski definition) is 0. The molecule has 1 heterocycles. The SMILES string of the molecule is CC(C)c1cccc(C(C)C)c1N1C2(C3C4C3C42)N(c2c(C(C)C)cccc2C(C)C)C12C1C3C1C32. The van der Waals surface area contributed by atoms with Crippen molar-refractivity contribution in [3.8, 4) is 0 Å². The van der Waals surface area contributed by atoms with Crippen LogP contribution < -0.4 is 9.80 Å². The fraction of sp³-hybridized carbons (Fsp3) is 0.647. The highest BCUT2D eigenvalue weighted by molar-refractivity contribution is 5.87. The van der Waals surface area contributed by atoms with E-state index in [1.165, 1.54) is 0 Å². The maximum atomic E-state index is 3.16. The van der Waals surface area contributed by atoms with Crippen molar-refractivity contribution in [2.24, 2.45) is 47.3 Å². The predicted octanol–water partition coefficient (Wildman–Crippen LogP) is 7.91. The van der Waals surface area contributed by atoms with Gasteiger partial charge in [-0.05, 0) is 69.6 Å². The van der Waals surface area contributed by atoms with E-state index in [-0.39, 0.29) is 11.3 Å². The third-order valence-corrected chi connectivity index (χ3v) is 12.2. The maximum Gasteiger partial charge on any atom is 0.124 e. The molecule has 0 amide bonds. The molecule has 9 aliphatic rings. The Kier molecular flexibility index (Phi) is 3.43. The van der Waals surface area contributed by atoms with Crippen molar-refractivity contribution >= 4 is 11.4 Å². The molecule has 8 aliphatic carbocycles. The van der Waals surface area contributed by atoms with E-state index in [4.69, 9.17) is 0 Å². The molecule has 8 saturated carbocycles. The summed E-state index contributed by atoms with van der Waals surface area (Å²) in [7, 11) is 0. The Labute approximate surface area is 217 Å². The zero-order valence-electron chi connectivity index (χ0n) is 23.3. The van der Waals surface area contributed by atoms with Crippen LogP contribution >= 0.6 is 0 Å². The van der Waals surface area contributed by atoms with E-state index < -0.39 is 0 Å². The molecule has 2 nitrogen and oxygen atoms in total. The molecule has 2 aromatic carbocycles. The van der Waals surface area contributed by atoms with Gasteiger partial charge in [-0.25, -0.2) is 0 Å². The molecule has 188 valence electrons. The first-order valence-corrected chi connectivity index (χ1v) is 15.1. The lowest BCUT2D eigenvalue weighted by atomic mass is 9.51. The summed E-state index contributed by atoms with van der Waals surface area (Å²) >= 11 is 0. The Hall–Kier alpha value is -1.96. The van der Waals surface area contributed by atoms with Crippen molar-refractivity contribution in [2.45, 2.75) is 90.4 Å². The number of anilines is 2. The van der Waals surface area contributed by atoms with Crippen LogP contribution in [0.5, 0.6) is 0 Å². The van der Waals surface area contributed by atoms with Crippen LogP contribution in [0.4, 0.5) is 11.4 Å². The number of rotatable bonds is 6. The van der Waals surface area contributed by atoms with E-state index in [9.17, 15) is 0 Å². The summed E-state index contributed by atoms with van der Waals surface area (Å²) < 4.78 is 0. The Bertz CT molecular complexity index is 1140. The summed E-state index contributed by atoms with van der Waals surface area (Å²) in [6.45, 7) is 19.4. The molecule has 0 radical (unpaired) electrons. The van der Waals surface area contributed by atoms with Gasteiger partial charge < -0.3 is 9.80 Å². The first kappa shape index (κ1) is 21.0. The summed E-state index contributed by atoms with van der Waals surface area (Å²) in [6, 6.07) is 14.5. The summed E-state index contributed by atoms with van der Waals surface area (Å²) in [4.78, 5) is 6.33. The highest BCUT2D eigenvalue weighted by Crippen LogP contribution is 3.04. The second-order valence-corrected chi connectivity index (χ2v) is 14.8. The van der Waals surface area contributed by atoms with Crippen LogP contribution in [0.15, 0.2) is 36.4 Å². The first-order chi connectivity index (χ1) is 17.2. The zero-order chi connectivity index (χ0) is 24.8. The molecule has 11 rings (SSSR count). The minimum atomic E-state index is 0.259. The van der Waals surface area contributed by atoms with Gasteiger partial charge in [0.1, 0.15) is 11.3 Å². The normalized spacial score (nSPS) is 44.7. The van der Waals surface area contributed by atoms with Crippen molar-refractivity contribution in [3.63, 3.8) is 0 Å². The van der Waals surface area contributed by atoms with Crippen LogP contribution in [-0.2, 0) is 0 Å². The maximum absolute atomic E-state index is 3.16. The molecule has 0 N–H and O–H groups in total. The predicted molar refractivity (Wildman–Crippen MR) is 148 cm³/mol. The molecule has 0 aromatic heterocycles. The van der Waals surface area contributed by atoms with Crippen LogP contribution in [0.25, 0.3) is 0 Å². The van der Waals surface area contributed by atoms with E-state index in [0.29, 0.717) is 23.7 Å². The second kappa shape index (κ2) is 5.87. The summed E-state index contributed by atoms with van der Waals surface area (Å²) in [5.74, 6) is 10.0. The van der Waals surface area contributed by atoms with Gasteiger partial charge in [-0.1, -0.05) is 91.8 Å². The van der Waals surface area contributed by atoms with Gasteiger partial charge >= 0.3 is 0 Å². The van der Waals surface area contributed by atoms with Crippen LogP contribution in [0.1, 0.15) is 101 Å². The average molecular weight is 479 g/mol. The first-order valence-electron chi connectivity index (χ1n) is 15.1. The van der Waals surface area contributed by atoms with Gasteiger partial charge in [-0.3, -0.25) is 0 Å². The minimum Gasteiger partial charge on any atom is -0.324 e. The lowest BCUT2D eigenvalue weighted by molar-refractivity contribution is -0.135. The second-order valence-electron chi connectivity index (χ2n) is 14.8. The Morgan fingerprint density at radius 1 is 0.472 bits per heavy atom. The van der Waals surface area contributed by atoms with Gasteiger partial charge in [0.25, 0.3) is 0 Å². The summed E-state index contributed by atoms with van der Waals surface area (Å²) in [5.41, 5.74) is 10.2. The topological polar surface area (TPSA) is 6.48 Å². The lowest BCUT2D eigenvalue weighted by Crippen LogP contribution is -3.00. The van der Waals surface area contributed by atoms with Crippen LogP contribution in [0, 0.1) is 47.3 Å². The van der Waals surface area contributed by atoms with E-state index >= 15 is 0 Å². The highest BCUT2D eigenvalue weighted by atomic mass is 15.7. The van der Waals surface area contributed by atoms with Crippen molar-refractivity contribution < 1.29 is 0 Å². The zero-order valence-corrected chi connectivity index (χ0v) is 23.3. The van der Waals surface area contributed by atoms with Gasteiger partial charge in [0.15, 0.2) is 0 Å². The van der Waals surface area contributed by atoms with E-state index in [1.807, 2.05) is 0 Å². The van der Waals surface area contributed by atoms with Crippen molar-refractivity contribution in [1.82, 2.24) is 0 Å². The molecule has 36 heavy (non-hydrogen) atoms. The third kappa shape index (κ3) is 1.83. The van der Waals surface area contributed by atoms with Crippen molar-refractivity contribution in [3.05, 3.63) is 58.7 Å². The number of benzene rings is 2. The fourth-order valence-electron chi connectivity index (χ4n) is 10.5. The van der Waals surface area contributed by atoms with Gasteiger partial charge in [-0.15, -0.1) is 0 Å². The molecule has 1 saturated heterocycles. The van der Waals surface area contributed by atoms with Crippen LogP contribution in [0.2, 0.25) is 0 Å². The smallest absolute Gasteiger partial charge is 0.124 e. The summed E-state index contributed by atoms with van der Waals surface area (Å²) in [5, 5.41) is 0. The lowest BCUT2D eigenvalue weighted by Gasteiger charge is -2.87. The van der Waals surface area contributed by atoms with Crippen molar-refractivity contribution in [1.29, 1.82) is 0 Å². The molecule has 1 aliphatic heterocycles. The Balaban J connectivity index is 1.31. The van der Waals surface area contributed by atoms with E-state index in [2.05, 4.69) is 102 Å². The largest absolute Gasteiger partial charge is 0.324 e.